The Morgan fingerprint density at radius 3 is 2.46 bits per heavy atom. The zero-order valence-electron chi connectivity index (χ0n) is 15.9. The number of pyridine rings is 1. The van der Waals surface area contributed by atoms with Gasteiger partial charge < -0.3 is 5.32 Å². The number of amides is 2. The van der Waals surface area contributed by atoms with E-state index in [1.165, 1.54) is 0 Å². The van der Waals surface area contributed by atoms with Crippen molar-refractivity contribution < 1.29 is 14.2 Å². The average Bonchev–Trinajstić information content (AvgIpc) is 2.69. The van der Waals surface area contributed by atoms with Crippen LogP contribution < -0.4 is 14.8 Å². The molecule has 1 aliphatic rings. The standard InChI is InChI=1S/C23H21N3O2/c1-16-10-12-18(13-11-16)26-21(27)15-25-14-6-5-9-20(25)22(26)23(28)24-19-8-4-3-7-17(19)2/h3-14,22H,15H2,1-2H3/p+1/t22-/m0/s1. The number of aryl methyl sites for hydroxylation is 2. The number of anilines is 2. The molecule has 0 unspecified atom stereocenters. The summed E-state index contributed by atoms with van der Waals surface area (Å²) in [6.45, 7) is 4.15. The van der Waals surface area contributed by atoms with E-state index in [0.29, 0.717) is 0 Å². The first-order valence-corrected chi connectivity index (χ1v) is 9.28. The highest BCUT2D eigenvalue weighted by Crippen LogP contribution is 2.30. The molecule has 0 bridgehead atoms. The summed E-state index contributed by atoms with van der Waals surface area (Å²) in [5.74, 6) is -0.347. The second-order valence-electron chi connectivity index (χ2n) is 7.06. The van der Waals surface area contributed by atoms with E-state index in [0.717, 1.165) is 28.2 Å². The summed E-state index contributed by atoms with van der Waals surface area (Å²) in [5.41, 5.74) is 4.32. The number of aromatic nitrogens is 1. The normalized spacial score (nSPS) is 15.9. The summed E-state index contributed by atoms with van der Waals surface area (Å²) in [5, 5.41) is 3.01. The highest BCUT2D eigenvalue weighted by molar-refractivity contribution is 6.05. The number of nitrogens with zero attached hydrogens (tertiary/aromatic N) is 2. The molecule has 1 N–H and O–H groups in total. The maximum Gasteiger partial charge on any atom is 0.294 e. The van der Waals surface area contributed by atoms with Gasteiger partial charge in [-0.05, 0) is 37.6 Å². The molecule has 0 radical (unpaired) electrons. The van der Waals surface area contributed by atoms with E-state index in [-0.39, 0.29) is 18.4 Å². The van der Waals surface area contributed by atoms with Gasteiger partial charge in [0.05, 0.1) is 0 Å². The smallest absolute Gasteiger partial charge is 0.294 e. The van der Waals surface area contributed by atoms with Gasteiger partial charge in [0, 0.05) is 23.5 Å². The third-order valence-corrected chi connectivity index (χ3v) is 5.05. The van der Waals surface area contributed by atoms with Crippen molar-refractivity contribution in [2.75, 3.05) is 10.2 Å². The van der Waals surface area contributed by atoms with Gasteiger partial charge in [0.15, 0.2) is 6.20 Å². The number of rotatable bonds is 3. The lowest BCUT2D eigenvalue weighted by Crippen LogP contribution is -2.58. The Bertz CT molecular complexity index is 1040. The van der Waals surface area contributed by atoms with Gasteiger partial charge in [0.1, 0.15) is 0 Å². The summed E-state index contributed by atoms with van der Waals surface area (Å²) in [7, 11) is 0. The van der Waals surface area contributed by atoms with Crippen molar-refractivity contribution in [2.24, 2.45) is 0 Å². The summed E-state index contributed by atoms with van der Waals surface area (Å²) in [4.78, 5) is 28.0. The number of nitrogens with one attached hydrogen (secondary N) is 1. The monoisotopic (exact) mass is 372 g/mol. The van der Waals surface area contributed by atoms with E-state index in [9.17, 15) is 9.59 Å². The Hall–Kier alpha value is -3.47. The Labute approximate surface area is 164 Å². The van der Waals surface area contributed by atoms with Crippen molar-refractivity contribution in [3.63, 3.8) is 0 Å². The molecule has 0 aliphatic carbocycles. The van der Waals surface area contributed by atoms with Crippen molar-refractivity contribution in [2.45, 2.75) is 26.4 Å². The predicted molar refractivity (Wildman–Crippen MR) is 108 cm³/mol. The number of carbonyl (C=O) groups excluding carboxylic acids is 2. The van der Waals surface area contributed by atoms with Crippen LogP contribution in [0.2, 0.25) is 0 Å². The van der Waals surface area contributed by atoms with Crippen molar-refractivity contribution in [3.05, 3.63) is 89.7 Å². The zero-order chi connectivity index (χ0) is 19.7. The Morgan fingerprint density at radius 2 is 1.71 bits per heavy atom. The molecular formula is C23H22N3O2+. The fourth-order valence-electron chi connectivity index (χ4n) is 3.54. The van der Waals surface area contributed by atoms with Crippen molar-refractivity contribution in [1.29, 1.82) is 0 Å². The number of benzene rings is 2. The molecule has 2 amide bonds. The zero-order valence-corrected chi connectivity index (χ0v) is 15.9. The molecule has 3 aromatic rings. The molecule has 140 valence electrons. The highest BCUT2D eigenvalue weighted by Gasteiger charge is 2.43. The summed E-state index contributed by atoms with van der Waals surface area (Å²) in [6, 6.07) is 20.2. The number of hydrogen-bond acceptors (Lipinski definition) is 2. The number of fused-ring (bicyclic) bond motifs is 1. The SMILES string of the molecule is Cc1ccc(N2C(=O)C[n+]3ccccc3[C@H]2C(=O)Nc2ccccc2C)cc1. The van der Waals surface area contributed by atoms with Gasteiger partial charge in [0.2, 0.25) is 18.3 Å². The van der Waals surface area contributed by atoms with Crippen molar-refractivity contribution >= 4 is 23.2 Å². The summed E-state index contributed by atoms with van der Waals surface area (Å²) in [6.07, 6.45) is 1.84. The Balaban J connectivity index is 1.78. The molecule has 5 nitrogen and oxygen atoms in total. The van der Waals surface area contributed by atoms with Crippen LogP contribution in [0.5, 0.6) is 0 Å². The van der Waals surface area contributed by atoms with Crippen LogP contribution in [0.3, 0.4) is 0 Å². The number of hydrogen-bond donors (Lipinski definition) is 1. The molecule has 1 aromatic heterocycles. The first-order valence-electron chi connectivity index (χ1n) is 9.28. The topological polar surface area (TPSA) is 53.3 Å². The summed E-state index contributed by atoms with van der Waals surface area (Å²) >= 11 is 0. The lowest BCUT2D eigenvalue weighted by molar-refractivity contribution is -0.695. The minimum Gasteiger partial charge on any atom is -0.324 e. The third kappa shape index (κ3) is 3.27. The van der Waals surface area contributed by atoms with Gasteiger partial charge in [-0.3, -0.25) is 14.5 Å². The number of carbonyl (C=O) groups is 2. The first kappa shape index (κ1) is 17.9. The molecule has 4 rings (SSSR count). The fraction of sp³-hybridized carbons (Fsp3) is 0.174. The Morgan fingerprint density at radius 1 is 1.00 bits per heavy atom. The maximum absolute atomic E-state index is 13.4. The predicted octanol–water partition coefficient (Wildman–Crippen LogP) is 3.32. The molecule has 28 heavy (non-hydrogen) atoms. The molecule has 0 fully saturated rings. The van der Waals surface area contributed by atoms with E-state index in [1.807, 2.05) is 91.3 Å². The second kappa shape index (κ2) is 7.27. The van der Waals surface area contributed by atoms with Crippen LogP contribution in [0.4, 0.5) is 11.4 Å². The quantitative estimate of drug-likeness (QED) is 0.717. The molecule has 1 atom stereocenters. The fourth-order valence-corrected chi connectivity index (χ4v) is 3.54. The van der Waals surface area contributed by atoms with Crippen LogP contribution in [0, 0.1) is 13.8 Å². The van der Waals surface area contributed by atoms with Crippen LogP contribution in [0.25, 0.3) is 0 Å². The van der Waals surface area contributed by atoms with Crippen LogP contribution in [-0.2, 0) is 16.1 Å². The number of para-hydroxylation sites is 1. The maximum atomic E-state index is 13.4. The molecular weight excluding hydrogens is 350 g/mol. The van der Waals surface area contributed by atoms with Gasteiger partial charge in [-0.25, -0.2) is 0 Å². The minimum absolute atomic E-state index is 0.113. The Kier molecular flexibility index (Phi) is 4.65. The van der Waals surface area contributed by atoms with Crippen molar-refractivity contribution in [3.8, 4) is 0 Å². The molecule has 0 spiro atoms. The van der Waals surface area contributed by atoms with E-state index in [4.69, 9.17) is 0 Å². The largest absolute Gasteiger partial charge is 0.324 e. The lowest BCUT2D eigenvalue weighted by Gasteiger charge is -2.32. The minimum atomic E-state index is -0.746. The van der Waals surface area contributed by atoms with E-state index in [2.05, 4.69) is 5.32 Å². The highest BCUT2D eigenvalue weighted by atomic mass is 16.2. The van der Waals surface area contributed by atoms with Gasteiger partial charge >= 0.3 is 0 Å². The molecule has 0 saturated heterocycles. The lowest BCUT2D eigenvalue weighted by atomic mass is 10.0. The molecule has 1 aliphatic heterocycles. The van der Waals surface area contributed by atoms with Crippen LogP contribution in [0.15, 0.2) is 72.9 Å². The van der Waals surface area contributed by atoms with Crippen LogP contribution >= 0.6 is 0 Å². The molecule has 0 saturated carbocycles. The molecule has 2 aromatic carbocycles. The third-order valence-electron chi connectivity index (χ3n) is 5.05. The summed E-state index contributed by atoms with van der Waals surface area (Å²) < 4.78 is 1.84. The van der Waals surface area contributed by atoms with Crippen molar-refractivity contribution in [1.82, 2.24) is 0 Å². The van der Waals surface area contributed by atoms with E-state index in [1.54, 1.807) is 4.90 Å². The van der Waals surface area contributed by atoms with Gasteiger partial charge in [-0.2, -0.15) is 4.57 Å². The van der Waals surface area contributed by atoms with E-state index < -0.39 is 6.04 Å². The average molecular weight is 372 g/mol. The van der Waals surface area contributed by atoms with Crippen LogP contribution in [-0.4, -0.2) is 11.8 Å². The van der Waals surface area contributed by atoms with Crippen LogP contribution in [0.1, 0.15) is 22.9 Å². The second-order valence-corrected chi connectivity index (χ2v) is 7.06. The van der Waals surface area contributed by atoms with Gasteiger partial charge in [-0.1, -0.05) is 42.0 Å². The van der Waals surface area contributed by atoms with Gasteiger partial charge in [-0.15, -0.1) is 0 Å². The molecule has 2 heterocycles. The first-order chi connectivity index (χ1) is 13.5. The van der Waals surface area contributed by atoms with E-state index >= 15 is 0 Å². The molecule has 5 heteroatoms. The van der Waals surface area contributed by atoms with Gasteiger partial charge in [0.25, 0.3) is 11.8 Å².